The van der Waals surface area contributed by atoms with Gasteiger partial charge in [0.25, 0.3) is 11.8 Å². The molecule has 116 valence electrons. The molecule has 0 radical (unpaired) electrons. The van der Waals surface area contributed by atoms with E-state index in [1.165, 1.54) is 36.6 Å². The molecule has 0 fully saturated rings. The molecule has 0 unspecified atom stereocenters. The lowest BCUT2D eigenvalue weighted by Crippen LogP contribution is -2.41. The number of para-hydroxylation sites is 1. The van der Waals surface area contributed by atoms with Gasteiger partial charge in [-0.3, -0.25) is 20.4 Å². The molecule has 22 heavy (non-hydrogen) atoms. The smallest absolute Gasteiger partial charge is 0.387 e. The van der Waals surface area contributed by atoms with Gasteiger partial charge in [-0.25, -0.2) is 0 Å². The van der Waals surface area contributed by atoms with Crippen LogP contribution in [0.2, 0.25) is 0 Å². The Labute approximate surface area is 124 Å². The minimum absolute atomic E-state index is 0.132. The van der Waals surface area contributed by atoms with Crippen molar-refractivity contribution in [3.8, 4) is 5.75 Å². The number of nitrogens with one attached hydrogen (secondary N) is 2. The van der Waals surface area contributed by atoms with Crippen molar-refractivity contribution in [3.63, 3.8) is 0 Å². The van der Waals surface area contributed by atoms with Crippen molar-refractivity contribution in [1.82, 2.24) is 10.9 Å². The van der Waals surface area contributed by atoms with Gasteiger partial charge < -0.3 is 9.15 Å². The molecule has 8 heteroatoms. The van der Waals surface area contributed by atoms with Crippen molar-refractivity contribution in [2.45, 2.75) is 13.5 Å². The number of furan rings is 1. The number of amides is 2. The van der Waals surface area contributed by atoms with Crippen molar-refractivity contribution in [2.24, 2.45) is 0 Å². The molecule has 1 heterocycles. The first-order chi connectivity index (χ1) is 10.5. The highest BCUT2D eigenvalue weighted by Gasteiger charge is 2.17. The van der Waals surface area contributed by atoms with Crippen LogP contribution in [0.15, 0.2) is 41.0 Å². The normalized spacial score (nSPS) is 10.4. The van der Waals surface area contributed by atoms with Gasteiger partial charge in [0.05, 0.1) is 17.4 Å². The Hall–Kier alpha value is -2.90. The molecule has 2 rings (SSSR count). The van der Waals surface area contributed by atoms with Crippen LogP contribution in [0, 0.1) is 6.92 Å². The predicted octanol–water partition coefficient (Wildman–Crippen LogP) is 2.26. The van der Waals surface area contributed by atoms with Crippen molar-refractivity contribution >= 4 is 11.8 Å². The van der Waals surface area contributed by atoms with E-state index >= 15 is 0 Å². The van der Waals surface area contributed by atoms with Gasteiger partial charge in [0.2, 0.25) is 0 Å². The number of hydrogen-bond acceptors (Lipinski definition) is 4. The highest BCUT2D eigenvalue weighted by molar-refractivity contribution is 6.00. The Morgan fingerprint density at radius 1 is 1.09 bits per heavy atom. The maximum atomic E-state index is 12.3. The zero-order valence-electron chi connectivity index (χ0n) is 11.4. The Morgan fingerprint density at radius 2 is 1.73 bits per heavy atom. The predicted molar refractivity (Wildman–Crippen MR) is 71.5 cm³/mol. The molecular formula is C14H12F2N2O4. The van der Waals surface area contributed by atoms with Gasteiger partial charge in [0.15, 0.2) is 0 Å². The second-order valence-corrected chi connectivity index (χ2v) is 4.17. The van der Waals surface area contributed by atoms with Crippen LogP contribution in [0.25, 0.3) is 0 Å². The fourth-order valence-electron chi connectivity index (χ4n) is 1.72. The second-order valence-electron chi connectivity index (χ2n) is 4.17. The lowest BCUT2D eigenvalue weighted by atomic mass is 10.2. The van der Waals surface area contributed by atoms with E-state index in [2.05, 4.69) is 15.6 Å². The van der Waals surface area contributed by atoms with Gasteiger partial charge in [0, 0.05) is 0 Å². The number of hydrazine groups is 1. The summed E-state index contributed by atoms with van der Waals surface area (Å²) in [6.07, 6.45) is 1.33. The fourth-order valence-corrected chi connectivity index (χ4v) is 1.72. The number of benzene rings is 1. The zero-order valence-corrected chi connectivity index (χ0v) is 11.4. The number of hydrogen-bond donors (Lipinski definition) is 2. The number of carbonyl (C=O) groups excluding carboxylic acids is 2. The lowest BCUT2D eigenvalue weighted by Gasteiger charge is -2.11. The number of aryl methyl sites for hydroxylation is 1. The topological polar surface area (TPSA) is 80.6 Å². The van der Waals surface area contributed by atoms with Crippen LogP contribution in [-0.2, 0) is 0 Å². The minimum atomic E-state index is -3.06. The van der Waals surface area contributed by atoms with Crippen molar-refractivity contribution in [2.75, 3.05) is 0 Å². The first-order valence-corrected chi connectivity index (χ1v) is 6.17. The number of halogens is 2. The van der Waals surface area contributed by atoms with E-state index in [4.69, 9.17) is 4.42 Å². The van der Waals surface area contributed by atoms with E-state index in [1.54, 1.807) is 6.92 Å². The van der Waals surface area contributed by atoms with Crippen LogP contribution < -0.4 is 15.6 Å². The van der Waals surface area contributed by atoms with E-state index in [1.807, 2.05) is 0 Å². The quantitative estimate of drug-likeness (QED) is 0.849. The molecule has 1 aromatic heterocycles. The molecule has 2 aromatic rings. The summed E-state index contributed by atoms with van der Waals surface area (Å²) in [6, 6.07) is 6.88. The Balaban J connectivity index is 2.04. The summed E-state index contributed by atoms with van der Waals surface area (Å²) in [4.78, 5) is 23.7. The molecule has 0 saturated heterocycles. The van der Waals surface area contributed by atoms with Crippen LogP contribution in [0.1, 0.15) is 26.5 Å². The first-order valence-electron chi connectivity index (χ1n) is 6.17. The average Bonchev–Trinajstić information content (AvgIpc) is 2.90. The van der Waals surface area contributed by atoms with Gasteiger partial charge in [-0.1, -0.05) is 12.1 Å². The number of rotatable bonds is 4. The largest absolute Gasteiger partial charge is 0.469 e. The third-order valence-electron chi connectivity index (χ3n) is 2.74. The number of carbonyl (C=O) groups is 2. The van der Waals surface area contributed by atoms with Crippen molar-refractivity contribution < 1.29 is 27.5 Å². The molecule has 0 aliphatic carbocycles. The molecule has 1 aromatic carbocycles. The summed E-state index contributed by atoms with van der Waals surface area (Å²) in [5.41, 5.74) is 4.40. The first kappa shape index (κ1) is 15.5. The summed E-state index contributed by atoms with van der Waals surface area (Å²) in [7, 11) is 0. The van der Waals surface area contributed by atoms with E-state index in [0.29, 0.717) is 5.76 Å². The second kappa shape index (κ2) is 6.70. The summed E-state index contributed by atoms with van der Waals surface area (Å²) in [5, 5.41) is 0. The van der Waals surface area contributed by atoms with Crippen molar-refractivity contribution in [1.29, 1.82) is 0 Å². The summed E-state index contributed by atoms with van der Waals surface area (Å²) in [5.74, 6) is -1.28. The summed E-state index contributed by atoms with van der Waals surface area (Å²) < 4.78 is 33.8. The fraction of sp³-hybridized carbons (Fsp3) is 0.143. The maximum absolute atomic E-state index is 12.3. The maximum Gasteiger partial charge on any atom is 0.387 e. The minimum Gasteiger partial charge on any atom is -0.469 e. The Bertz CT molecular complexity index is 685. The molecule has 0 bridgehead atoms. The van der Waals surface area contributed by atoms with Gasteiger partial charge in [-0.15, -0.1) is 0 Å². The molecule has 0 atom stereocenters. The van der Waals surface area contributed by atoms with Crippen LogP contribution in [0.3, 0.4) is 0 Å². The molecule has 0 spiro atoms. The molecule has 0 aliphatic rings. The Morgan fingerprint density at radius 3 is 2.32 bits per heavy atom. The summed E-state index contributed by atoms with van der Waals surface area (Å²) in [6.45, 7) is -1.47. The molecule has 0 saturated carbocycles. The molecule has 2 N–H and O–H groups in total. The zero-order chi connectivity index (χ0) is 16.1. The molecule has 0 aliphatic heterocycles. The highest BCUT2D eigenvalue weighted by atomic mass is 19.3. The third-order valence-corrected chi connectivity index (χ3v) is 2.74. The van der Waals surface area contributed by atoms with E-state index in [0.717, 1.165) is 0 Å². The highest BCUT2D eigenvalue weighted by Crippen LogP contribution is 2.19. The molecule has 2 amide bonds. The van der Waals surface area contributed by atoms with Gasteiger partial charge in [-0.2, -0.15) is 8.78 Å². The molecular weight excluding hydrogens is 298 g/mol. The SMILES string of the molecule is Cc1occc1C(=O)NNC(=O)c1ccccc1OC(F)F. The van der Waals surface area contributed by atoms with Crippen LogP contribution in [-0.4, -0.2) is 18.4 Å². The lowest BCUT2D eigenvalue weighted by molar-refractivity contribution is -0.0501. The van der Waals surface area contributed by atoms with Gasteiger partial charge >= 0.3 is 6.61 Å². The van der Waals surface area contributed by atoms with Gasteiger partial charge in [0.1, 0.15) is 11.5 Å². The van der Waals surface area contributed by atoms with E-state index in [-0.39, 0.29) is 16.9 Å². The monoisotopic (exact) mass is 310 g/mol. The van der Waals surface area contributed by atoms with Crippen LogP contribution in [0.5, 0.6) is 5.75 Å². The molecule has 6 nitrogen and oxygen atoms in total. The van der Waals surface area contributed by atoms with E-state index in [9.17, 15) is 18.4 Å². The van der Waals surface area contributed by atoms with Gasteiger partial charge in [-0.05, 0) is 25.1 Å². The van der Waals surface area contributed by atoms with Crippen molar-refractivity contribution in [3.05, 3.63) is 53.5 Å². The average molecular weight is 310 g/mol. The summed E-state index contributed by atoms with van der Waals surface area (Å²) >= 11 is 0. The van der Waals surface area contributed by atoms with Crippen LogP contribution in [0.4, 0.5) is 8.78 Å². The Kier molecular flexibility index (Phi) is 4.72. The number of ether oxygens (including phenoxy) is 1. The van der Waals surface area contributed by atoms with E-state index < -0.39 is 18.4 Å². The number of alkyl halides is 2. The third kappa shape index (κ3) is 3.60. The standard InChI is InChI=1S/C14H12F2N2O4/c1-8-9(6-7-21-8)12(19)17-18-13(20)10-4-2-3-5-11(10)22-14(15)16/h2-7,14H,1H3,(H,17,19)(H,18,20). The van der Waals surface area contributed by atoms with Crippen LogP contribution >= 0.6 is 0 Å².